The third-order valence-electron chi connectivity index (χ3n) is 19.6. The van der Waals surface area contributed by atoms with Crippen molar-refractivity contribution in [3.05, 3.63) is 271 Å². The zero-order valence-corrected chi connectivity index (χ0v) is 50.0. The second-order valence-corrected chi connectivity index (χ2v) is 24.8. The number of para-hydroxylation sites is 3. The highest BCUT2D eigenvalue weighted by atomic mass is 16.5. The molecule has 3 aromatic heterocycles. The maximum absolute atomic E-state index is 12.8. The molecule has 0 spiro atoms. The molecule has 1 fully saturated rings. The molecule has 0 saturated carbocycles. The zero-order chi connectivity index (χ0) is 61.4. The zero-order valence-electron chi connectivity index (χ0n) is 50.0. The van der Waals surface area contributed by atoms with Gasteiger partial charge in [-0.1, -0.05) is 164 Å². The molecule has 0 aliphatic carbocycles. The number of rotatable bonds is 6. The van der Waals surface area contributed by atoms with Crippen LogP contribution in [0.3, 0.4) is 0 Å². The smallest absolute Gasteiger partial charge is 0.155 e. The van der Waals surface area contributed by atoms with Crippen LogP contribution in [0.5, 0.6) is 34.5 Å². The average molecular weight is 1210 g/mol. The molecule has 11 heteroatoms. The summed E-state index contributed by atoms with van der Waals surface area (Å²) in [7, 11) is 0. The van der Waals surface area contributed by atoms with E-state index < -0.39 is 12.2 Å². The van der Waals surface area contributed by atoms with Crippen molar-refractivity contribution < 1.29 is 32.2 Å². The van der Waals surface area contributed by atoms with Gasteiger partial charge in [0.05, 0.1) is 69.0 Å². The van der Waals surface area contributed by atoms with Crippen LogP contribution in [0.4, 0.5) is 51.2 Å². The molecular weight excluding hydrogens is 1160 g/mol. The highest BCUT2D eigenvalue weighted by Crippen LogP contribution is 2.70. The van der Waals surface area contributed by atoms with Gasteiger partial charge in [0.1, 0.15) is 39.6 Å². The number of nitrogens with zero attached hydrogens (tertiary/aromatic N) is 4. The van der Waals surface area contributed by atoms with Gasteiger partial charge in [0.25, 0.3) is 0 Å². The van der Waals surface area contributed by atoms with Gasteiger partial charge >= 0.3 is 0 Å². The molecule has 94 heavy (non-hydrogen) atoms. The lowest BCUT2D eigenvalue weighted by Crippen LogP contribution is -2.28. The van der Waals surface area contributed by atoms with Gasteiger partial charge in [0.15, 0.2) is 34.5 Å². The fourth-order valence-electron chi connectivity index (χ4n) is 15.5. The molecule has 442 valence electrons. The maximum atomic E-state index is 12.8. The van der Waals surface area contributed by atoms with E-state index in [1.165, 1.54) is 0 Å². The van der Waals surface area contributed by atoms with Crippen LogP contribution < -0.4 is 28.9 Å². The van der Waals surface area contributed by atoms with Gasteiger partial charge in [-0.25, -0.2) is 0 Å². The maximum Gasteiger partial charge on any atom is 0.155 e. The quantitative estimate of drug-likeness (QED) is 0.159. The summed E-state index contributed by atoms with van der Waals surface area (Å²) in [5.41, 5.74) is 19.1. The minimum Gasteiger partial charge on any atom is -0.456 e. The third kappa shape index (κ3) is 7.33. The number of hydrogen-bond acceptors (Lipinski definition) is 11. The van der Waals surface area contributed by atoms with E-state index in [9.17, 15) is 5.26 Å². The number of benzene rings is 13. The number of ether oxygens (including phenoxy) is 4. The Balaban J connectivity index is 0.957. The molecule has 11 nitrogen and oxygen atoms in total. The van der Waals surface area contributed by atoms with Crippen molar-refractivity contribution in [3.63, 3.8) is 0 Å². The van der Waals surface area contributed by atoms with Crippen molar-refractivity contribution >= 4 is 117 Å². The molecule has 13 aromatic carbocycles. The summed E-state index contributed by atoms with van der Waals surface area (Å²) in [4.78, 5) is 7.01. The van der Waals surface area contributed by atoms with E-state index in [0.717, 1.165) is 141 Å². The summed E-state index contributed by atoms with van der Waals surface area (Å²) in [5, 5.41) is 18.4. The first-order valence-corrected chi connectivity index (χ1v) is 31.7. The van der Waals surface area contributed by atoms with Crippen molar-refractivity contribution in [2.45, 2.75) is 25.0 Å². The molecule has 16 aromatic rings. The van der Waals surface area contributed by atoms with Crippen molar-refractivity contribution in [1.29, 1.82) is 5.26 Å². The van der Waals surface area contributed by atoms with E-state index in [-0.39, 0.29) is 0 Å². The summed E-state index contributed by atoms with van der Waals surface area (Å²) in [6.07, 6.45) is 0.615. The molecule has 0 amide bonds. The van der Waals surface area contributed by atoms with Gasteiger partial charge in [-0.3, -0.25) is 4.90 Å². The second kappa shape index (κ2) is 19.3. The van der Waals surface area contributed by atoms with E-state index in [4.69, 9.17) is 32.2 Å². The fraction of sp³-hybridized carbons (Fsp3) is 0.0482. The number of anilines is 9. The Morgan fingerprint density at radius 3 is 1.02 bits per heavy atom. The molecule has 2 unspecified atom stereocenters. The van der Waals surface area contributed by atoms with Crippen LogP contribution >= 0.6 is 0 Å². The molecule has 1 saturated heterocycles. The molecule has 8 heterocycles. The molecule has 2 bridgehead atoms. The van der Waals surface area contributed by atoms with Crippen LogP contribution in [0, 0.1) is 11.3 Å². The largest absolute Gasteiger partial charge is 0.456 e. The summed E-state index contributed by atoms with van der Waals surface area (Å²) < 4.78 is 49.6. The van der Waals surface area contributed by atoms with Crippen LogP contribution in [0.1, 0.15) is 41.7 Å². The van der Waals surface area contributed by atoms with Crippen molar-refractivity contribution in [1.82, 2.24) is 0 Å². The second-order valence-electron chi connectivity index (χ2n) is 24.8. The first-order valence-electron chi connectivity index (χ1n) is 31.7. The lowest BCUT2D eigenvalue weighted by Gasteiger charge is -2.44. The predicted octanol–water partition coefficient (Wildman–Crippen LogP) is 23.9. The lowest BCUT2D eigenvalue weighted by atomic mass is 9.83. The predicted molar refractivity (Wildman–Crippen MR) is 369 cm³/mol. The van der Waals surface area contributed by atoms with Gasteiger partial charge in [-0.05, 0) is 119 Å². The Hall–Kier alpha value is -12.5. The Morgan fingerprint density at radius 2 is 0.628 bits per heavy atom. The lowest BCUT2D eigenvalue weighted by molar-refractivity contribution is 0.0717. The molecule has 2 atom stereocenters. The van der Waals surface area contributed by atoms with Crippen LogP contribution in [0.25, 0.3) is 99.2 Å². The highest BCUT2D eigenvalue weighted by molar-refractivity contribution is 6.16. The molecule has 21 rings (SSSR count). The highest BCUT2D eigenvalue weighted by Gasteiger charge is 2.50. The standard InChI is InChI=1S/C83H48N4O7/c84-45-58-79-68-34-35-69(91-68)80(79)82(86-60-32-29-50(47-18-6-2-7-19-47)37-74(60)93-77-43-71-56(40-63(77)86)53-23-11-14-26-66(53)89-71)83(87-61-33-30-51(48-20-8-3-9-21-48)38-75(61)94-78-44-72-57(41-64(78)87)54-24-12-15-27-67(54)90-72)81(58)85-59-31-28-49(46-16-4-1-5-17-46)36-73(59)92-76-42-70-55(39-62(76)85)52-22-10-13-25-65(52)88-70/h1-33,36-44,68-69H,34-35H2. The van der Waals surface area contributed by atoms with E-state index in [0.29, 0.717) is 73.9 Å². The molecule has 5 aliphatic rings. The first-order chi connectivity index (χ1) is 46.5. The number of furan rings is 3. The summed E-state index contributed by atoms with van der Waals surface area (Å²) in [6.45, 7) is 0. The number of fused-ring (bicyclic) bond motifs is 20. The van der Waals surface area contributed by atoms with Gasteiger partial charge < -0.3 is 42.0 Å². The number of hydrogen-bond donors (Lipinski definition) is 0. The minimum atomic E-state index is -0.419. The average Bonchev–Trinajstić information content (AvgIpc) is 1.25. The molecular formula is C83H48N4O7. The van der Waals surface area contributed by atoms with Crippen LogP contribution in [-0.4, -0.2) is 0 Å². The summed E-state index contributed by atoms with van der Waals surface area (Å²) >= 11 is 0. The van der Waals surface area contributed by atoms with E-state index in [2.05, 4.69) is 178 Å². The third-order valence-corrected chi connectivity index (χ3v) is 19.6. The monoisotopic (exact) mass is 1210 g/mol. The van der Waals surface area contributed by atoms with E-state index in [1.807, 2.05) is 97.1 Å². The SMILES string of the molecule is N#Cc1c2c(c(N3c4ccc(-c5ccccc5)cc4Oc4cc5oc6ccccc6c5cc43)c(N3c4ccc(-c5ccccc5)cc4Oc4cc5oc6ccccc6c5cc43)c1N1c3ccc(-c4ccccc4)cc3Oc3cc4oc5ccccc5c4cc31)C1CCC2O1. The van der Waals surface area contributed by atoms with Crippen LogP contribution in [0.15, 0.2) is 268 Å². The number of nitriles is 1. The topological polar surface area (TPSA) is 110 Å². The fourth-order valence-corrected chi connectivity index (χ4v) is 15.5. The van der Waals surface area contributed by atoms with Crippen LogP contribution in [0.2, 0.25) is 0 Å². The summed E-state index contributed by atoms with van der Waals surface area (Å²) in [6, 6.07) is 90.6. The van der Waals surface area contributed by atoms with Crippen molar-refractivity contribution in [2.75, 3.05) is 14.7 Å². The Kier molecular flexibility index (Phi) is 10.5. The minimum absolute atomic E-state index is 0.415. The van der Waals surface area contributed by atoms with Gasteiger partial charge in [0, 0.05) is 61.6 Å². The van der Waals surface area contributed by atoms with Gasteiger partial charge in [-0.15, -0.1) is 0 Å². The normalized spacial score (nSPS) is 15.5. The Labute approximate surface area is 536 Å². The van der Waals surface area contributed by atoms with E-state index in [1.54, 1.807) is 0 Å². The molecule has 0 radical (unpaired) electrons. The van der Waals surface area contributed by atoms with Gasteiger partial charge in [-0.2, -0.15) is 5.26 Å². The van der Waals surface area contributed by atoms with E-state index >= 15 is 0 Å². The first kappa shape index (κ1) is 51.3. The van der Waals surface area contributed by atoms with Crippen LogP contribution in [-0.2, 0) is 4.74 Å². The van der Waals surface area contributed by atoms with Crippen molar-refractivity contribution in [3.8, 4) is 73.9 Å². The summed E-state index contributed by atoms with van der Waals surface area (Å²) in [5.74, 6) is 3.51. The molecule has 0 N–H and O–H groups in total. The van der Waals surface area contributed by atoms with Crippen molar-refractivity contribution in [2.24, 2.45) is 0 Å². The Morgan fingerprint density at radius 1 is 0.287 bits per heavy atom. The van der Waals surface area contributed by atoms with Gasteiger partial charge in [0.2, 0.25) is 0 Å². The Bertz CT molecular complexity index is 6010. The molecule has 5 aliphatic heterocycles.